The van der Waals surface area contributed by atoms with Gasteiger partial charge in [-0.3, -0.25) is 4.90 Å². The molecule has 2 rings (SSSR count). The topological polar surface area (TPSA) is 32.8 Å². The number of nitrogens with zero attached hydrogens (tertiary/aromatic N) is 2. The fraction of sp³-hybridized carbons (Fsp3) is 0.611. The van der Waals surface area contributed by atoms with Crippen molar-refractivity contribution in [3.05, 3.63) is 35.4 Å². The summed E-state index contributed by atoms with van der Waals surface area (Å²) in [6.07, 6.45) is 0.510. The van der Waals surface area contributed by atoms with Crippen LogP contribution in [0.2, 0.25) is 0 Å². The largest absolute Gasteiger partial charge is 0.449 e. The van der Waals surface area contributed by atoms with E-state index in [9.17, 15) is 13.6 Å². The smallest absolute Gasteiger partial charge is 0.409 e. The minimum Gasteiger partial charge on any atom is -0.449 e. The van der Waals surface area contributed by atoms with Crippen LogP contribution in [-0.4, -0.2) is 48.7 Å². The van der Waals surface area contributed by atoms with E-state index < -0.39 is 11.6 Å². The summed E-state index contributed by atoms with van der Waals surface area (Å²) in [4.78, 5) is 15.9. The Morgan fingerprint density at radius 1 is 1.17 bits per heavy atom. The van der Waals surface area contributed by atoms with Crippen LogP contribution in [0, 0.1) is 17.6 Å². The molecule has 0 aliphatic carbocycles. The predicted molar refractivity (Wildman–Crippen MR) is 88.7 cm³/mol. The second-order valence-corrected chi connectivity index (χ2v) is 6.69. The van der Waals surface area contributed by atoms with Crippen LogP contribution in [-0.2, 0) is 4.74 Å². The lowest BCUT2D eigenvalue weighted by atomic mass is 10.1. The van der Waals surface area contributed by atoms with Crippen LogP contribution >= 0.6 is 0 Å². The molecule has 0 radical (unpaired) electrons. The molecule has 1 unspecified atom stereocenters. The van der Waals surface area contributed by atoms with Crippen LogP contribution in [0.15, 0.2) is 18.2 Å². The Bertz CT molecular complexity index is 566. The zero-order valence-corrected chi connectivity index (χ0v) is 14.6. The molecule has 1 amide bonds. The number of carbonyl (C=O) groups is 1. The summed E-state index contributed by atoms with van der Waals surface area (Å²) >= 11 is 0. The first kappa shape index (κ1) is 18.6. The third kappa shape index (κ3) is 4.90. The monoisotopic (exact) mass is 340 g/mol. The van der Waals surface area contributed by atoms with E-state index in [1.165, 1.54) is 12.1 Å². The molecule has 24 heavy (non-hydrogen) atoms. The molecule has 6 heteroatoms. The van der Waals surface area contributed by atoms with Gasteiger partial charge in [0.15, 0.2) is 0 Å². The first-order valence-corrected chi connectivity index (χ1v) is 8.49. The Morgan fingerprint density at radius 3 is 2.58 bits per heavy atom. The second kappa shape index (κ2) is 8.42. The minimum atomic E-state index is -0.571. The van der Waals surface area contributed by atoms with E-state index in [-0.39, 0.29) is 12.1 Å². The number of carbonyl (C=O) groups excluding carboxylic acids is 1. The molecular weight excluding hydrogens is 314 g/mol. The summed E-state index contributed by atoms with van der Waals surface area (Å²) in [6.45, 7) is 8.88. The normalized spacial score (nSPS) is 17.7. The van der Waals surface area contributed by atoms with E-state index in [4.69, 9.17) is 4.74 Å². The van der Waals surface area contributed by atoms with Gasteiger partial charge in [0.25, 0.3) is 0 Å². The molecule has 1 aromatic rings. The summed E-state index contributed by atoms with van der Waals surface area (Å²) in [5, 5.41) is 0. The van der Waals surface area contributed by atoms with Crippen LogP contribution in [0.4, 0.5) is 13.6 Å². The Labute approximate surface area is 142 Å². The van der Waals surface area contributed by atoms with Crippen molar-refractivity contribution in [3.8, 4) is 0 Å². The van der Waals surface area contributed by atoms with Gasteiger partial charge >= 0.3 is 6.09 Å². The van der Waals surface area contributed by atoms with Crippen molar-refractivity contribution in [3.63, 3.8) is 0 Å². The van der Waals surface area contributed by atoms with Crippen molar-refractivity contribution in [1.82, 2.24) is 9.80 Å². The fourth-order valence-corrected chi connectivity index (χ4v) is 2.87. The Kier molecular flexibility index (Phi) is 6.54. The molecule has 1 heterocycles. The number of halogens is 2. The molecule has 1 atom stereocenters. The molecule has 1 saturated heterocycles. The number of amides is 1. The standard InChI is InChI=1S/C18H26F2N2O2/c1-13(2)12-24-18(23)22-8-4-7-21(9-10-22)14(3)16-6-5-15(19)11-17(16)20/h5-6,11,13-14H,4,7-10,12H2,1-3H3. The van der Waals surface area contributed by atoms with Gasteiger partial charge in [-0.05, 0) is 25.3 Å². The van der Waals surface area contributed by atoms with Crippen molar-refractivity contribution < 1.29 is 18.3 Å². The summed E-state index contributed by atoms with van der Waals surface area (Å²) in [5.41, 5.74) is 0.479. The molecular formula is C18H26F2N2O2. The van der Waals surface area contributed by atoms with Crippen LogP contribution in [0.25, 0.3) is 0 Å². The third-order valence-corrected chi connectivity index (χ3v) is 4.29. The molecule has 1 fully saturated rings. The molecule has 0 aromatic heterocycles. The van der Waals surface area contributed by atoms with Gasteiger partial charge in [-0.15, -0.1) is 0 Å². The van der Waals surface area contributed by atoms with E-state index in [1.54, 1.807) is 4.90 Å². The molecule has 1 aromatic carbocycles. The highest BCUT2D eigenvalue weighted by Crippen LogP contribution is 2.24. The average molecular weight is 340 g/mol. The number of ether oxygens (including phenoxy) is 1. The van der Waals surface area contributed by atoms with Gasteiger partial charge in [0, 0.05) is 43.9 Å². The van der Waals surface area contributed by atoms with E-state index >= 15 is 0 Å². The maximum atomic E-state index is 14.0. The van der Waals surface area contributed by atoms with Crippen LogP contribution < -0.4 is 0 Å². The number of hydrogen-bond acceptors (Lipinski definition) is 3. The van der Waals surface area contributed by atoms with Crippen LogP contribution in [0.3, 0.4) is 0 Å². The van der Waals surface area contributed by atoms with Gasteiger partial charge in [-0.1, -0.05) is 19.9 Å². The van der Waals surface area contributed by atoms with Gasteiger partial charge in [-0.2, -0.15) is 0 Å². The Balaban J connectivity index is 1.96. The van der Waals surface area contributed by atoms with Crippen molar-refractivity contribution >= 4 is 6.09 Å². The number of rotatable bonds is 4. The molecule has 0 N–H and O–H groups in total. The third-order valence-electron chi connectivity index (χ3n) is 4.29. The fourth-order valence-electron chi connectivity index (χ4n) is 2.87. The molecule has 0 bridgehead atoms. The number of benzene rings is 1. The zero-order chi connectivity index (χ0) is 17.7. The minimum absolute atomic E-state index is 0.169. The molecule has 1 aliphatic rings. The molecule has 1 aliphatic heterocycles. The lowest BCUT2D eigenvalue weighted by Crippen LogP contribution is -2.36. The van der Waals surface area contributed by atoms with Crippen molar-refractivity contribution in [2.45, 2.75) is 33.2 Å². The van der Waals surface area contributed by atoms with Crippen molar-refractivity contribution in [1.29, 1.82) is 0 Å². The lowest BCUT2D eigenvalue weighted by molar-refractivity contribution is 0.0924. The first-order valence-electron chi connectivity index (χ1n) is 8.49. The van der Waals surface area contributed by atoms with Gasteiger partial charge in [0.1, 0.15) is 11.6 Å². The summed E-state index contributed by atoms with van der Waals surface area (Å²) in [7, 11) is 0. The highest BCUT2D eigenvalue weighted by Gasteiger charge is 2.25. The van der Waals surface area contributed by atoms with Crippen LogP contribution in [0.1, 0.15) is 38.8 Å². The van der Waals surface area contributed by atoms with Gasteiger partial charge < -0.3 is 9.64 Å². The van der Waals surface area contributed by atoms with E-state index in [0.29, 0.717) is 37.7 Å². The van der Waals surface area contributed by atoms with Gasteiger partial charge in [0.05, 0.1) is 6.61 Å². The summed E-state index contributed by atoms with van der Waals surface area (Å²) in [5.74, 6) is -0.794. The van der Waals surface area contributed by atoms with Crippen molar-refractivity contribution in [2.75, 3.05) is 32.8 Å². The SMILES string of the molecule is CC(C)COC(=O)N1CCCN(C(C)c2ccc(F)cc2F)CC1. The maximum Gasteiger partial charge on any atom is 0.409 e. The lowest BCUT2D eigenvalue weighted by Gasteiger charge is -2.28. The van der Waals surface area contributed by atoms with E-state index in [2.05, 4.69) is 4.90 Å². The van der Waals surface area contributed by atoms with Gasteiger partial charge in [0.2, 0.25) is 0 Å². The Morgan fingerprint density at radius 2 is 1.92 bits per heavy atom. The number of hydrogen-bond donors (Lipinski definition) is 0. The molecule has 4 nitrogen and oxygen atoms in total. The predicted octanol–water partition coefficient (Wildman–Crippen LogP) is 3.83. The van der Waals surface area contributed by atoms with E-state index in [1.807, 2.05) is 20.8 Å². The molecule has 0 spiro atoms. The Hall–Kier alpha value is -1.69. The van der Waals surface area contributed by atoms with Crippen LogP contribution in [0.5, 0.6) is 0 Å². The average Bonchev–Trinajstić information content (AvgIpc) is 2.78. The highest BCUT2D eigenvalue weighted by atomic mass is 19.1. The quantitative estimate of drug-likeness (QED) is 0.835. The summed E-state index contributed by atoms with van der Waals surface area (Å²) in [6, 6.07) is 3.52. The summed E-state index contributed by atoms with van der Waals surface area (Å²) < 4.78 is 32.3. The van der Waals surface area contributed by atoms with E-state index in [0.717, 1.165) is 19.0 Å². The molecule has 0 saturated carbocycles. The highest BCUT2D eigenvalue weighted by molar-refractivity contribution is 5.67. The van der Waals surface area contributed by atoms with Gasteiger partial charge in [-0.25, -0.2) is 13.6 Å². The first-order chi connectivity index (χ1) is 11.4. The maximum absolute atomic E-state index is 14.0. The molecule has 134 valence electrons. The zero-order valence-electron chi connectivity index (χ0n) is 14.6. The van der Waals surface area contributed by atoms with Crippen molar-refractivity contribution in [2.24, 2.45) is 5.92 Å². The second-order valence-electron chi connectivity index (χ2n) is 6.69.